The summed E-state index contributed by atoms with van der Waals surface area (Å²) >= 11 is 0. The lowest BCUT2D eigenvalue weighted by molar-refractivity contribution is 0.660. The maximum atomic E-state index is 5.19. The van der Waals surface area contributed by atoms with Gasteiger partial charge in [-0.2, -0.15) is 0 Å². The highest BCUT2D eigenvalue weighted by Gasteiger charge is 2.35. The minimum atomic E-state index is -0.00951. The van der Waals surface area contributed by atoms with E-state index in [9.17, 15) is 0 Å². The molecule has 0 saturated heterocycles. The summed E-state index contributed by atoms with van der Waals surface area (Å²) in [4.78, 5) is 10.4. The number of aromatic nitrogens is 3. The van der Waals surface area contributed by atoms with Crippen LogP contribution in [0.2, 0.25) is 0 Å². The zero-order valence-corrected chi connectivity index (χ0v) is 23.3. The van der Waals surface area contributed by atoms with E-state index in [0.29, 0.717) is 0 Å². The van der Waals surface area contributed by atoms with Gasteiger partial charge >= 0.3 is 0 Å². The van der Waals surface area contributed by atoms with Gasteiger partial charge in [-0.1, -0.05) is 92.7 Å². The van der Waals surface area contributed by atoms with Crippen molar-refractivity contribution in [3.05, 3.63) is 126 Å². The average Bonchev–Trinajstić information content (AvgIpc) is 3.62. The zero-order chi connectivity index (χ0) is 27.7. The molecule has 3 heteroatoms. The van der Waals surface area contributed by atoms with Crippen LogP contribution in [0.5, 0.6) is 0 Å². The molecule has 0 atom stereocenters. The molecule has 1 aliphatic rings. The van der Waals surface area contributed by atoms with Gasteiger partial charge in [-0.25, -0.2) is 9.97 Å². The van der Waals surface area contributed by atoms with Crippen LogP contribution in [0.15, 0.2) is 115 Å². The highest BCUT2D eigenvalue weighted by Crippen LogP contribution is 2.50. The molecule has 0 N–H and O–H groups in total. The molecule has 0 saturated carbocycles. The van der Waals surface area contributed by atoms with Gasteiger partial charge in [-0.3, -0.25) is 4.40 Å². The molecule has 0 bridgehead atoms. The first kappa shape index (κ1) is 22.4. The number of benzene rings is 6. The van der Waals surface area contributed by atoms with Crippen molar-refractivity contribution in [3.8, 4) is 22.3 Å². The highest BCUT2D eigenvalue weighted by atomic mass is 15.0. The van der Waals surface area contributed by atoms with E-state index in [2.05, 4.69) is 121 Å². The van der Waals surface area contributed by atoms with E-state index in [0.717, 1.165) is 27.6 Å². The predicted molar refractivity (Wildman–Crippen MR) is 175 cm³/mol. The molecule has 3 nitrogen and oxygen atoms in total. The maximum Gasteiger partial charge on any atom is 0.165 e. The minimum Gasteiger partial charge on any atom is -0.291 e. The average molecular weight is 536 g/mol. The Morgan fingerprint density at radius 2 is 1.31 bits per heavy atom. The Morgan fingerprint density at radius 3 is 2.21 bits per heavy atom. The molecular formula is C39H25N3. The zero-order valence-electron chi connectivity index (χ0n) is 23.3. The predicted octanol–water partition coefficient (Wildman–Crippen LogP) is 9.91. The third-order valence-corrected chi connectivity index (χ3v) is 9.69. The largest absolute Gasteiger partial charge is 0.291 e. The van der Waals surface area contributed by atoms with Crippen LogP contribution >= 0.6 is 0 Å². The first-order valence-electron chi connectivity index (χ1n) is 14.6. The summed E-state index contributed by atoms with van der Waals surface area (Å²) in [5.41, 5.74) is 14.0. The fraction of sp³-hybridized carbons (Fsp3) is 0.0769. The van der Waals surface area contributed by atoms with Gasteiger partial charge < -0.3 is 0 Å². The molecule has 9 aromatic rings. The molecule has 196 valence electrons. The van der Waals surface area contributed by atoms with Gasteiger partial charge in [0.1, 0.15) is 5.52 Å². The molecule has 0 unspecified atom stereocenters. The van der Waals surface area contributed by atoms with Crippen LogP contribution in [0.3, 0.4) is 0 Å². The SMILES string of the molecule is CC1(C)c2ccccc2-c2cc(-c3cc4c5nc6ccccc6nc5n5c6ccc7ccccc7c6c(c3)c45)ccc21. The molecule has 10 rings (SSSR count). The number of para-hydroxylation sites is 2. The van der Waals surface area contributed by atoms with Gasteiger partial charge in [-0.05, 0) is 80.6 Å². The topological polar surface area (TPSA) is 30.2 Å². The Kier molecular flexibility index (Phi) is 4.01. The number of fused-ring (bicyclic) bond motifs is 12. The molecule has 0 radical (unpaired) electrons. The van der Waals surface area contributed by atoms with Crippen LogP contribution in [-0.2, 0) is 5.41 Å². The summed E-state index contributed by atoms with van der Waals surface area (Å²) in [5.74, 6) is 0. The van der Waals surface area contributed by atoms with Gasteiger partial charge in [0.2, 0.25) is 0 Å². The molecule has 0 fully saturated rings. The van der Waals surface area contributed by atoms with Gasteiger partial charge in [-0.15, -0.1) is 0 Å². The molecule has 0 spiro atoms. The third-order valence-electron chi connectivity index (χ3n) is 9.69. The number of nitrogens with zero attached hydrogens (tertiary/aromatic N) is 3. The van der Waals surface area contributed by atoms with Crippen LogP contribution in [0.1, 0.15) is 25.0 Å². The van der Waals surface area contributed by atoms with E-state index in [1.165, 1.54) is 66.0 Å². The summed E-state index contributed by atoms with van der Waals surface area (Å²) in [6.07, 6.45) is 0. The highest BCUT2D eigenvalue weighted by molar-refractivity contribution is 6.29. The Morgan fingerprint density at radius 1 is 0.571 bits per heavy atom. The van der Waals surface area contributed by atoms with Crippen LogP contribution in [0.25, 0.3) is 82.4 Å². The Balaban J connectivity index is 1.36. The molecule has 0 aliphatic heterocycles. The minimum absolute atomic E-state index is 0.00951. The normalized spacial score (nSPS) is 14.1. The Labute approximate surface area is 242 Å². The standard InChI is InChI=1S/C39H25N3/c1-39(2)30-12-6-5-11-26(30)27-19-23(15-17-31(27)39)24-20-28-35-25-10-4-3-9-22(25)16-18-34(35)42-37(28)29(21-24)36-38(42)41-33-14-8-7-13-32(33)40-36/h3-21H,1-2H3. The number of hydrogen-bond donors (Lipinski definition) is 0. The lowest BCUT2D eigenvalue weighted by atomic mass is 9.82. The van der Waals surface area contributed by atoms with Crippen molar-refractivity contribution in [2.45, 2.75) is 19.3 Å². The van der Waals surface area contributed by atoms with Crippen molar-refractivity contribution in [2.24, 2.45) is 0 Å². The lowest BCUT2D eigenvalue weighted by Crippen LogP contribution is -2.14. The fourth-order valence-corrected chi connectivity index (χ4v) is 7.71. The van der Waals surface area contributed by atoms with Gasteiger partial charge in [0.05, 0.1) is 22.1 Å². The van der Waals surface area contributed by atoms with E-state index >= 15 is 0 Å². The Bertz CT molecular complexity index is 2590. The monoisotopic (exact) mass is 535 g/mol. The van der Waals surface area contributed by atoms with E-state index < -0.39 is 0 Å². The van der Waals surface area contributed by atoms with Gasteiger partial charge in [0, 0.05) is 21.6 Å². The van der Waals surface area contributed by atoms with E-state index in [4.69, 9.17) is 9.97 Å². The Hall–Kier alpha value is -5.28. The van der Waals surface area contributed by atoms with E-state index in [1.54, 1.807) is 0 Å². The van der Waals surface area contributed by atoms with Crippen molar-refractivity contribution in [1.82, 2.24) is 14.4 Å². The first-order chi connectivity index (χ1) is 20.6. The summed E-state index contributed by atoms with van der Waals surface area (Å²) in [5, 5.41) is 6.19. The van der Waals surface area contributed by atoms with Crippen LogP contribution in [0, 0.1) is 0 Å². The van der Waals surface area contributed by atoms with Crippen molar-refractivity contribution in [3.63, 3.8) is 0 Å². The number of hydrogen-bond acceptors (Lipinski definition) is 2. The smallest absolute Gasteiger partial charge is 0.165 e. The number of rotatable bonds is 1. The maximum absolute atomic E-state index is 5.19. The summed E-state index contributed by atoms with van der Waals surface area (Å²) in [6, 6.07) is 42.0. The molecule has 0 amide bonds. The van der Waals surface area contributed by atoms with Crippen molar-refractivity contribution >= 4 is 60.2 Å². The summed E-state index contributed by atoms with van der Waals surface area (Å²) in [7, 11) is 0. The quantitative estimate of drug-likeness (QED) is 0.209. The van der Waals surface area contributed by atoms with Crippen molar-refractivity contribution < 1.29 is 0 Å². The molecule has 3 heterocycles. The van der Waals surface area contributed by atoms with Crippen molar-refractivity contribution in [2.75, 3.05) is 0 Å². The lowest BCUT2D eigenvalue weighted by Gasteiger charge is -2.21. The van der Waals surface area contributed by atoms with Crippen LogP contribution in [-0.4, -0.2) is 14.4 Å². The molecule has 42 heavy (non-hydrogen) atoms. The second-order valence-corrected chi connectivity index (χ2v) is 12.3. The molecular weight excluding hydrogens is 510 g/mol. The summed E-state index contributed by atoms with van der Waals surface area (Å²) < 4.78 is 2.34. The molecule has 1 aliphatic carbocycles. The second-order valence-electron chi connectivity index (χ2n) is 12.3. The third kappa shape index (κ3) is 2.66. The fourth-order valence-electron chi connectivity index (χ4n) is 7.71. The van der Waals surface area contributed by atoms with Gasteiger partial charge in [0.25, 0.3) is 0 Å². The van der Waals surface area contributed by atoms with E-state index in [1.807, 2.05) is 12.1 Å². The van der Waals surface area contributed by atoms with Crippen LogP contribution < -0.4 is 0 Å². The second kappa shape index (κ2) is 7.51. The molecule has 3 aromatic heterocycles. The molecule has 6 aromatic carbocycles. The van der Waals surface area contributed by atoms with E-state index in [-0.39, 0.29) is 5.41 Å². The van der Waals surface area contributed by atoms with Crippen molar-refractivity contribution in [1.29, 1.82) is 0 Å². The summed E-state index contributed by atoms with van der Waals surface area (Å²) in [6.45, 7) is 4.67. The van der Waals surface area contributed by atoms with Gasteiger partial charge in [0.15, 0.2) is 5.65 Å². The first-order valence-corrected chi connectivity index (χ1v) is 14.6. The van der Waals surface area contributed by atoms with Crippen LogP contribution in [0.4, 0.5) is 0 Å².